The number of aryl methyl sites for hydroxylation is 1. The maximum Gasteiger partial charge on any atom is 0.223 e. The minimum atomic E-state index is 0.0256. The molecule has 0 saturated carbocycles. The summed E-state index contributed by atoms with van der Waals surface area (Å²) in [4.78, 5) is 14.8. The van der Waals surface area contributed by atoms with Gasteiger partial charge < -0.3 is 15.0 Å². The Hall–Kier alpha value is -2.04. The van der Waals surface area contributed by atoms with Gasteiger partial charge in [0.25, 0.3) is 0 Å². The molecule has 1 aliphatic heterocycles. The number of carbonyl (C=O) groups is 1. The predicted molar refractivity (Wildman–Crippen MR) is 100 cm³/mol. The lowest BCUT2D eigenvalue weighted by Gasteiger charge is -2.36. The molecule has 2 aromatic rings. The molecule has 1 aliphatic rings. The normalized spacial score (nSPS) is 17.4. The van der Waals surface area contributed by atoms with Gasteiger partial charge in [-0.3, -0.25) is 4.79 Å². The molecule has 3 rings (SSSR count). The van der Waals surface area contributed by atoms with Crippen LogP contribution in [0.2, 0.25) is 5.02 Å². The molecule has 1 heterocycles. The van der Waals surface area contributed by atoms with Crippen molar-refractivity contribution >= 4 is 17.5 Å². The number of nitrogens with zero attached hydrogens (tertiary/aromatic N) is 1. The van der Waals surface area contributed by atoms with E-state index in [-0.39, 0.29) is 11.9 Å². The lowest BCUT2D eigenvalue weighted by Crippen LogP contribution is -2.48. The van der Waals surface area contributed by atoms with E-state index < -0.39 is 0 Å². The van der Waals surface area contributed by atoms with Crippen LogP contribution in [0.1, 0.15) is 23.6 Å². The monoisotopic (exact) mass is 358 g/mol. The number of amides is 1. The van der Waals surface area contributed by atoms with Gasteiger partial charge in [0.2, 0.25) is 5.91 Å². The quantitative estimate of drug-likeness (QED) is 0.890. The molecular formula is C20H23ClN2O2. The number of rotatable bonds is 5. The molecule has 0 bridgehead atoms. The van der Waals surface area contributed by atoms with Gasteiger partial charge in [0.15, 0.2) is 0 Å². The molecule has 1 unspecified atom stereocenters. The molecule has 0 radical (unpaired) electrons. The van der Waals surface area contributed by atoms with Crippen LogP contribution in [-0.2, 0) is 11.2 Å². The number of piperazine rings is 1. The number of para-hydroxylation sites is 1. The first-order valence-corrected chi connectivity index (χ1v) is 8.94. The fourth-order valence-corrected chi connectivity index (χ4v) is 3.51. The number of carbonyl (C=O) groups excluding carboxylic acids is 1. The topological polar surface area (TPSA) is 41.6 Å². The van der Waals surface area contributed by atoms with Gasteiger partial charge in [0.1, 0.15) is 5.75 Å². The fraction of sp³-hybridized carbons (Fsp3) is 0.350. The van der Waals surface area contributed by atoms with Crippen molar-refractivity contribution < 1.29 is 9.53 Å². The Morgan fingerprint density at radius 2 is 2.12 bits per heavy atom. The molecule has 2 aromatic carbocycles. The van der Waals surface area contributed by atoms with Gasteiger partial charge in [0, 0.05) is 31.1 Å². The van der Waals surface area contributed by atoms with Gasteiger partial charge in [-0.15, -0.1) is 0 Å². The second kappa shape index (κ2) is 8.37. The summed E-state index contributed by atoms with van der Waals surface area (Å²) < 4.78 is 5.38. The molecule has 1 saturated heterocycles. The van der Waals surface area contributed by atoms with Crippen LogP contribution >= 0.6 is 11.6 Å². The average Bonchev–Trinajstić information content (AvgIpc) is 2.66. The molecule has 0 aliphatic carbocycles. The van der Waals surface area contributed by atoms with E-state index in [0.717, 1.165) is 30.0 Å². The summed E-state index contributed by atoms with van der Waals surface area (Å²) in [5, 5.41) is 4.07. The highest BCUT2D eigenvalue weighted by Gasteiger charge is 2.27. The number of methoxy groups -OCH3 is 1. The Balaban J connectivity index is 1.71. The zero-order valence-corrected chi connectivity index (χ0v) is 15.1. The zero-order chi connectivity index (χ0) is 17.6. The first kappa shape index (κ1) is 17.8. The first-order valence-electron chi connectivity index (χ1n) is 8.56. The van der Waals surface area contributed by atoms with E-state index >= 15 is 0 Å². The Morgan fingerprint density at radius 1 is 1.28 bits per heavy atom. The largest absolute Gasteiger partial charge is 0.496 e. The van der Waals surface area contributed by atoms with Crippen LogP contribution in [0.4, 0.5) is 0 Å². The van der Waals surface area contributed by atoms with Crippen LogP contribution in [0.3, 0.4) is 0 Å². The summed E-state index contributed by atoms with van der Waals surface area (Å²) in [6.45, 7) is 2.28. The van der Waals surface area contributed by atoms with Gasteiger partial charge >= 0.3 is 0 Å². The van der Waals surface area contributed by atoms with E-state index in [1.165, 1.54) is 0 Å². The Bertz CT molecular complexity index is 735. The van der Waals surface area contributed by atoms with Crippen molar-refractivity contribution in [1.82, 2.24) is 10.2 Å². The Morgan fingerprint density at radius 3 is 2.92 bits per heavy atom. The van der Waals surface area contributed by atoms with Gasteiger partial charge in [-0.25, -0.2) is 0 Å². The van der Waals surface area contributed by atoms with Gasteiger partial charge in [0.05, 0.1) is 13.2 Å². The summed E-state index contributed by atoms with van der Waals surface area (Å²) in [5.74, 6) is 0.999. The van der Waals surface area contributed by atoms with Crippen molar-refractivity contribution in [3.8, 4) is 5.75 Å². The molecule has 4 nitrogen and oxygen atoms in total. The van der Waals surface area contributed by atoms with Crippen molar-refractivity contribution in [3.05, 3.63) is 64.7 Å². The lowest BCUT2D eigenvalue weighted by atomic mass is 10.0. The van der Waals surface area contributed by atoms with Crippen molar-refractivity contribution in [2.24, 2.45) is 0 Å². The number of hydrogen-bond acceptors (Lipinski definition) is 3. The van der Waals surface area contributed by atoms with Crippen molar-refractivity contribution in [1.29, 1.82) is 0 Å². The molecule has 0 aromatic heterocycles. The van der Waals surface area contributed by atoms with Gasteiger partial charge in [-0.1, -0.05) is 41.9 Å². The summed E-state index contributed by atoms with van der Waals surface area (Å²) in [6, 6.07) is 15.6. The summed E-state index contributed by atoms with van der Waals surface area (Å²) in [7, 11) is 1.66. The van der Waals surface area contributed by atoms with Gasteiger partial charge in [-0.2, -0.15) is 0 Å². The summed E-state index contributed by atoms with van der Waals surface area (Å²) in [5.41, 5.74) is 2.14. The van der Waals surface area contributed by atoms with Crippen LogP contribution in [0.15, 0.2) is 48.5 Å². The maximum absolute atomic E-state index is 12.9. The number of benzene rings is 2. The molecule has 1 N–H and O–H groups in total. The smallest absolute Gasteiger partial charge is 0.223 e. The predicted octanol–water partition coefficient (Wildman–Crippen LogP) is 3.45. The highest BCUT2D eigenvalue weighted by molar-refractivity contribution is 6.30. The van der Waals surface area contributed by atoms with Crippen molar-refractivity contribution in [3.63, 3.8) is 0 Å². The van der Waals surface area contributed by atoms with E-state index in [1.807, 2.05) is 53.4 Å². The number of ether oxygens (including phenoxy) is 1. The molecular weight excluding hydrogens is 336 g/mol. The molecule has 132 valence electrons. The number of nitrogens with one attached hydrogen (secondary N) is 1. The second-order valence-electron chi connectivity index (χ2n) is 6.17. The third-order valence-corrected chi connectivity index (χ3v) is 4.83. The molecule has 5 heteroatoms. The third-order valence-electron chi connectivity index (χ3n) is 4.60. The van der Waals surface area contributed by atoms with E-state index in [2.05, 4.69) is 5.32 Å². The standard InChI is InChI=1S/C20H23ClN2O2/c1-25-19-8-3-2-5-15(19)9-10-20(24)23-12-11-22-14-18(23)16-6-4-7-17(21)13-16/h2-8,13,18,22H,9-12,14H2,1H3. The zero-order valence-electron chi connectivity index (χ0n) is 14.4. The SMILES string of the molecule is COc1ccccc1CCC(=O)N1CCNCC1c1cccc(Cl)c1. The van der Waals surface area contributed by atoms with E-state index in [9.17, 15) is 4.79 Å². The minimum absolute atomic E-state index is 0.0256. The van der Waals surface area contributed by atoms with Crippen LogP contribution in [0.25, 0.3) is 0 Å². The van der Waals surface area contributed by atoms with Gasteiger partial charge in [-0.05, 0) is 35.7 Å². The van der Waals surface area contributed by atoms with Crippen LogP contribution < -0.4 is 10.1 Å². The first-order chi connectivity index (χ1) is 12.2. The van der Waals surface area contributed by atoms with Crippen molar-refractivity contribution in [2.75, 3.05) is 26.7 Å². The molecule has 1 atom stereocenters. The lowest BCUT2D eigenvalue weighted by molar-refractivity contribution is -0.134. The maximum atomic E-state index is 12.9. The molecule has 0 spiro atoms. The summed E-state index contributed by atoms with van der Waals surface area (Å²) >= 11 is 6.13. The second-order valence-corrected chi connectivity index (χ2v) is 6.61. The van der Waals surface area contributed by atoms with E-state index in [1.54, 1.807) is 7.11 Å². The molecule has 1 amide bonds. The van der Waals surface area contributed by atoms with E-state index in [0.29, 0.717) is 24.4 Å². The van der Waals surface area contributed by atoms with Crippen LogP contribution in [-0.4, -0.2) is 37.6 Å². The highest BCUT2D eigenvalue weighted by Crippen LogP contribution is 2.26. The minimum Gasteiger partial charge on any atom is -0.496 e. The number of halogens is 1. The highest BCUT2D eigenvalue weighted by atomic mass is 35.5. The van der Waals surface area contributed by atoms with Crippen LogP contribution in [0.5, 0.6) is 5.75 Å². The van der Waals surface area contributed by atoms with E-state index in [4.69, 9.17) is 16.3 Å². The fourth-order valence-electron chi connectivity index (χ4n) is 3.31. The Labute approximate surface area is 153 Å². The Kier molecular flexibility index (Phi) is 5.95. The molecule has 25 heavy (non-hydrogen) atoms. The number of hydrogen-bond donors (Lipinski definition) is 1. The average molecular weight is 359 g/mol. The third kappa shape index (κ3) is 4.33. The van der Waals surface area contributed by atoms with Crippen molar-refractivity contribution in [2.45, 2.75) is 18.9 Å². The summed E-state index contributed by atoms with van der Waals surface area (Å²) in [6.07, 6.45) is 1.15. The molecule has 1 fully saturated rings. The van der Waals surface area contributed by atoms with Crippen LogP contribution in [0, 0.1) is 0 Å².